The molecular weight excluding hydrogens is 514 g/mol. The van der Waals surface area contributed by atoms with Crippen molar-refractivity contribution >= 4 is 38.6 Å². The van der Waals surface area contributed by atoms with E-state index < -0.39 is 39.6 Å². The van der Waals surface area contributed by atoms with Crippen LogP contribution in [0.3, 0.4) is 0 Å². The van der Waals surface area contributed by atoms with Crippen LogP contribution < -0.4 is 14.9 Å². The van der Waals surface area contributed by atoms with E-state index in [0.717, 1.165) is 17.5 Å². The number of pyridine rings is 1. The SMILES string of the molecule is Cc1ccccc1S(=O)(=O)NC(=O)NC(Cc1cc(F)cc(F)c1)C(=O)N(C)c1ccc2cccnc2c1. The Labute approximate surface area is 218 Å². The number of benzene rings is 3. The van der Waals surface area contributed by atoms with Gasteiger partial charge in [0.05, 0.1) is 10.4 Å². The summed E-state index contributed by atoms with van der Waals surface area (Å²) >= 11 is 0. The number of hydrogen-bond donors (Lipinski definition) is 2. The molecule has 3 aromatic carbocycles. The van der Waals surface area contributed by atoms with Gasteiger partial charge < -0.3 is 10.2 Å². The van der Waals surface area contributed by atoms with Gasteiger partial charge in [0, 0.05) is 36.8 Å². The summed E-state index contributed by atoms with van der Waals surface area (Å²) in [7, 11) is -2.79. The number of amides is 3. The fraction of sp³-hybridized carbons (Fsp3) is 0.148. The van der Waals surface area contributed by atoms with Gasteiger partial charge >= 0.3 is 6.03 Å². The molecule has 3 amide bonds. The van der Waals surface area contributed by atoms with E-state index in [-0.39, 0.29) is 16.9 Å². The average Bonchev–Trinajstić information content (AvgIpc) is 2.86. The first-order valence-corrected chi connectivity index (χ1v) is 13.0. The number of aromatic nitrogens is 1. The molecule has 4 rings (SSSR count). The summed E-state index contributed by atoms with van der Waals surface area (Å²) in [5.74, 6) is -2.35. The normalized spacial score (nSPS) is 12.1. The fourth-order valence-corrected chi connectivity index (χ4v) is 5.17. The molecule has 4 aromatic rings. The first kappa shape index (κ1) is 26.7. The van der Waals surface area contributed by atoms with E-state index in [1.54, 1.807) is 49.5 Å². The number of hydrogen-bond acceptors (Lipinski definition) is 5. The molecule has 8 nitrogen and oxygen atoms in total. The number of aryl methyl sites for hydroxylation is 1. The predicted octanol–water partition coefficient (Wildman–Crippen LogP) is 4.08. The number of carbonyl (C=O) groups excluding carboxylic acids is 2. The van der Waals surface area contributed by atoms with Crippen LogP contribution in [-0.4, -0.2) is 38.4 Å². The van der Waals surface area contributed by atoms with Crippen molar-refractivity contribution in [1.29, 1.82) is 0 Å². The molecule has 0 saturated heterocycles. The molecule has 0 aliphatic rings. The fourth-order valence-electron chi connectivity index (χ4n) is 4.01. The van der Waals surface area contributed by atoms with Gasteiger partial charge in [0.15, 0.2) is 0 Å². The lowest BCUT2D eigenvalue weighted by Gasteiger charge is -2.25. The minimum Gasteiger partial charge on any atom is -0.325 e. The lowest BCUT2D eigenvalue weighted by molar-refractivity contribution is -0.120. The molecule has 0 fully saturated rings. The molecule has 2 N–H and O–H groups in total. The van der Waals surface area contributed by atoms with Crippen molar-refractivity contribution in [3.8, 4) is 0 Å². The predicted molar refractivity (Wildman–Crippen MR) is 139 cm³/mol. The van der Waals surface area contributed by atoms with Gasteiger partial charge in [-0.2, -0.15) is 0 Å². The van der Waals surface area contributed by atoms with E-state index in [0.29, 0.717) is 22.8 Å². The Morgan fingerprint density at radius 1 is 0.974 bits per heavy atom. The van der Waals surface area contributed by atoms with E-state index in [1.165, 1.54) is 24.1 Å². The number of carbonyl (C=O) groups is 2. The second kappa shape index (κ2) is 10.9. The number of urea groups is 1. The van der Waals surface area contributed by atoms with E-state index >= 15 is 0 Å². The van der Waals surface area contributed by atoms with Crippen LogP contribution in [0.15, 0.2) is 83.9 Å². The quantitative estimate of drug-likeness (QED) is 0.369. The molecule has 1 unspecified atom stereocenters. The number of sulfonamides is 1. The molecule has 196 valence electrons. The molecule has 11 heteroatoms. The summed E-state index contributed by atoms with van der Waals surface area (Å²) in [5.41, 5.74) is 1.59. The standard InChI is InChI=1S/C27H24F2N4O4S/c1-17-6-3-4-8-25(17)38(36,37)32-27(35)31-24(14-18-12-20(28)15-21(29)13-18)26(34)33(2)22-10-9-19-7-5-11-30-23(19)16-22/h3-13,15-16,24H,14H2,1-2H3,(H2,31,32,35). The number of anilines is 1. The molecule has 1 aromatic heterocycles. The highest BCUT2D eigenvalue weighted by molar-refractivity contribution is 7.90. The third-order valence-electron chi connectivity index (χ3n) is 5.88. The van der Waals surface area contributed by atoms with Crippen LogP contribution in [0, 0.1) is 18.6 Å². The molecule has 0 aliphatic heterocycles. The largest absolute Gasteiger partial charge is 0.329 e. The first-order valence-electron chi connectivity index (χ1n) is 11.5. The molecule has 1 atom stereocenters. The van der Waals surface area contributed by atoms with Crippen LogP contribution in [0.1, 0.15) is 11.1 Å². The van der Waals surface area contributed by atoms with Gasteiger partial charge in [-0.15, -0.1) is 0 Å². The van der Waals surface area contributed by atoms with Crippen LogP contribution in [-0.2, 0) is 21.2 Å². The van der Waals surface area contributed by atoms with E-state index in [1.807, 2.05) is 10.8 Å². The summed E-state index contributed by atoms with van der Waals surface area (Å²) in [6, 6.07) is 15.1. The van der Waals surface area contributed by atoms with Crippen LogP contribution in [0.25, 0.3) is 10.9 Å². The number of fused-ring (bicyclic) bond motifs is 1. The van der Waals surface area contributed by atoms with E-state index in [2.05, 4.69) is 10.3 Å². The number of nitrogens with zero attached hydrogens (tertiary/aromatic N) is 2. The Morgan fingerprint density at radius 2 is 1.68 bits per heavy atom. The smallest absolute Gasteiger partial charge is 0.325 e. The van der Waals surface area contributed by atoms with Crippen LogP contribution in [0.5, 0.6) is 0 Å². The Hall–Kier alpha value is -4.38. The first-order chi connectivity index (χ1) is 18.0. The van der Waals surface area contributed by atoms with Gasteiger partial charge in [-0.05, 0) is 54.4 Å². The van der Waals surface area contributed by atoms with E-state index in [4.69, 9.17) is 0 Å². The van der Waals surface area contributed by atoms with Crippen molar-refractivity contribution in [1.82, 2.24) is 15.0 Å². The van der Waals surface area contributed by atoms with Gasteiger partial charge in [0.25, 0.3) is 10.0 Å². The average molecular weight is 539 g/mol. The molecule has 1 heterocycles. The number of likely N-dealkylation sites (N-methyl/N-ethyl adjacent to an activating group) is 1. The minimum atomic E-state index is -4.26. The maximum Gasteiger partial charge on any atom is 0.329 e. The molecular formula is C27H24F2N4O4S. The Kier molecular flexibility index (Phi) is 7.67. The van der Waals surface area contributed by atoms with Crippen LogP contribution >= 0.6 is 0 Å². The monoisotopic (exact) mass is 538 g/mol. The second-order valence-electron chi connectivity index (χ2n) is 8.66. The summed E-state index contributed by atoms with van der Waals surface area (Å²) in [5, 5.41) is 3.21. The minimum absolute atomic E-state index is 0.0940. The number of halogens is 2. The topological polar surface area (TPSA) is 108 Å². The van der Waals surface area contributed by atoms with E-state index in [9.17, 15) is 26.8 Å². The molecule has 38 heavy (non-hydrogen) atoms. The zero-order valence-corrected chi connectivity index (χ0v) is 21.3. The molecule has 0 bridgehead atoms. The zero-order chi connectivity index (χ0) is 27.4. The van der Waals surface area contributed by atoms with Crippen molar-refractivity contribution in [2.75, 3.05) is 11.9 Å². The Bertz CT molecular complexity index is 1610. The van der Waals surface area contributed by atoms with Crippen molar-refractivity contribution in [2.45, 2.75) is 24.3 Å². The lowest BCUT2D eigenvalue weighted by Crippen LogP contribution is -2.52. The van der Waals surface area contributed by atoms with Crippen molar-refractivity contribution < 1.29 is 26.8 Å². The summed E-state index contributed by atoms with van der Waals surface area (Å²) in [6.45, 7) is 1.57. The van der Waals surface area contributed by atoms with Crippen molar-refractivity contribution in [2.24, 2.45) is 0 Å². The van der Waals surface area contributed by atoms with Gasteiger partial charge in [-0.25, -0.2) is 26.7 Å². The third kappa shape index (κ3) is 6.12. The second-order valence-corrected chi connectivity index (χ2v) is 10.3. The summed E-state index contributed by atoms with van der Waals surface area (Å²) in [4.78, 5) is 31.7. The highest BCUT2D eigenvalue weighted by Gasteiger charge is 2.28. The molecule has 0 spiro atoms. The Balaban J connectivity index is 1.61. The molecule has 0 saturated carbocycles. The zero-order valence-electron chi connectivity index (χ0n) is 20.5. The number of rotatable bonds is 7. The molecule has 0 aliphatic carbocycles. The van der Waals surface area contributed by atoms with Gasteiger partial charge in [-0.3, -0.25) is 9.78 Å². The van der Waals surface area contributed by atoms with Gasteiger partial charge in [-0.1, -0.05) is 30.3 Å². The maximum atomic E-state index is 13.8. The van der Waals surface area contributed by atoms with Crippen molar-refractivity contribution in [3.05, 3.63) is 102 Å². The van der Waals surface area contributed by atoms with Crippen LogP contribution in [0.2, 0.25) is 0 Å². The maximum absolute atomic E-state index is 13.8. The van der Waals surface area contributed by atoms with Crippen LogP contribution in [0.4, 0.5) is 19.3 Å². The lowest BCUT2D eigenvalue weighted by atomic mass is 10.0. The van der Waals surface area contributed by atoms with Crippen molar-refractivity contribution in [3.63, 3.8) is 0 Å². The summed E-state index contributed by atoms with van der Waals surface area (Å²) in [6.07, 6.45) is 1.30. The highest BCUT2D eigenvalue weighted by atomic mass is 32.2. The third-order valence-corrected chi connectivity index (χ3v) is 7.37. The molecule has 0 radical (unpaired) electrons. The summed E-state index contributed by atoms with van der Waals surface area (Å²) < 4.78 is 55.1. The number of nitrogens with one attached hydrogen (secondary N) is 2. The van der Waals surface area contributed by atoms with Gasteiger partial charge in [0.2, 0.25) is 5.91 Å². The highest BCUT2D eigenvalue weighted by Crippen LogP contribution is 2.21. The Morgan fingerprint density at radius 3 is 2.39 bits per heavy atom. The van der Waals surface area contributed by atoms with Gasteiger partial charge in [0.1, 0.15) is 17.7 Å².